The van der Waals surface area contributed by atoms with Crippen LogP contribution in [0.5, 0.6) is 5.75 Å². The first-order chi connectivity index (χ1) is 14.6. The highest BCUT2D eigenvalue weighted by atomic mass is 35.5. The number of amides is 1. The minimum Gasteiger partial charge on any atom is -0.484 e. The number of nitrogens with zero attached hydrogens (tertiary/aromatic N) is 3. The number of ether oxygens (including phenoxy) is 1. The van der Waals surface area contributed by atoms with E-state index >= 15 is 0 Å². The van der Waals surface area contributed by atoms with Crippen LogP contribution < -0.4 is 15.0 Å². The second-order valence-corrected chi connectivity index (χ2v) is 8.64. The van der Waals surface area contributed by atoms with Crippen LogP contribution in [-0.2, 0) is 4.79 Å². The third-order valence-corrected chi connectivity index (χ3v) is 6.66. The Morgan fingerprint density at radius 2 is 1.84 bits per heavy atom. The van der Waals surface area contributed by atoms with E-state index in [1.165, 1.54) is 15.8 Å². The van der Waals surface area contributed by atoms with Gasteiger partial charge in [0.05, 0.1) is 10.2 Å². The minimum absolute atomic E-state index is 0. The number of rotatable bonds is 7. The number of hydrogen-bond donors (Lipinski definition) is 1. The predicted octanol–water partition coefficient (Wildman–Crippen LogP) is 3.65. The van der Waals surface area contributed by atoms with E-state index in [0.717, 1.165) is 43.4 Å². The molecule has 1 aliphatic heterocycles. The lowest BCUT2D eigenvalue weighted by Gasteiger charge is -2.34. The van der Waals surface area contributed by atoms with Crippen LogP contribution in [0.3, 0.4) is 0 Å². The van der Waals surface area contributed by atoms with Crippen molar-refractivity contribution in [1.82, 2.24) is 15.2 Å². The molecule has 4 rings (SSSR count). The second-order valence-electron chi connectivity index (χ2n) is 7.63. The van der Waals surface area contributed by atoms with Gasteiger partial charge < -0.3 is 15.0 Å². The number of piperazine rings is 1. The Kier molecular flexibility index (Phi) is 8.12. The predicted molar refractivity (Wildman–Crippen MR) is 130 cm³/mol. The van der Waals surface area contributed by atoms with Gasteiger partial charge in [0.2, 0.25) is 0 Å². The quantitative estimate of drug-likeness (QED) is 0.583. The van der Waals surface area contributed by atoms with Crippen molar-refractivity contribution in [1.29, 1.82) is 0 Å². The van der Waals surface area contributed by atoms with Gasteiger partial charge in [-0.05, 0) is 43.2 Å². The number of benzene rings is 2. The summed E-state index contributed by atoms with van der Waals surface area (Å²) in [6.07, 6.45) is 0. The summed E-state index contributed by atoms with van der Waals surface area (Å²) >= 11 is 1.78. The Labute approximate surface area is 193 Å². The molecule has 1 N–H and O–H groups in total. The van der Waals surface area contributed by atoms with Crippen LogP contribution in [0.2, 0.25) is 0 Å². The van der Waals surface area contributed by atoms with E-state index in [-0.39, 0.29) is 24.9 Å². The number of para-hydroxylation sites is 1. The summed E-state index contributed by atoms with van der Waals surface area (Å²) in [6, 6.07) is 13.8. The van der Waals surface area contributed by atoms with Crippen molar-refractivity contribution < 1.29 is 9.53 Å². The highest BCUT2D eigenvalue weighted by molar-refractivity contribution is 7.22. The largest absolute Gasteiger partial charge is 0.484 e. The van der Waals surface area contributed by atoms with Crippen LogP contribution in [0.1, 0.15) is 11.1 Å². The molecule has 31 heavy (non-hydrogen) atoms. The van der Waals surface area contributed by atoms with Gasteiger partial charge >= 0.3 is 0 Å². The van der Waals surface area contributed by atoms with Gasteiger partial charge in [0, 0.05) is 39.3 Å². The van der Waals surface area contributed by atoms with Crippen LogP contribution in [0.25, 0.3) is 10.2 Å². The number of hydrogen-bond acceptors (Lipinski definition) is 6. The van der Waals surface area contributed by atoms with Crippen molar-refractivity contribution in [3.63, 3.8) is 0 Å². The van der Waals surface area contributed by atoms with Crippen molar-refractivity contribution in [2.24, 2.45) is 0 Å². The molecule has 3 aromatic rings. The Hall–Kier alpha value is -2.35. The molecule has 1 saturated heterocycles. The van der Waals surface area contributed by atoms with Crippen LogP contribution in [0, 0.1) is 13.8 Å². The fraction of sp³-hybridized carbons (Fsp3) is 0.391. The van der Waals surface area contributed by atoms with Crippen LogP contribution in [0.4, 0.5) is 5.13 Å². The molecular formula is C23H29ClN4O2S. The number of halogens is 1. The van der Waals surface area contributed by atoms with Crippen molar-refractivity contribution in [2.45, 2.75) is 13.8 Å². The molecule has 1 amide bonds. The summed E-state index contributed by atoms with van der Waals surface area (Å²) in [5.41, 5.74) is 3.71. The minimum atomic E-state index is -0.0855. The highest BCUT2D eigenvalue weighted by Crippen LogP contribution is 2.32. The lowest BCUT2D eigenvalue weighted by Crippen LogP contribution is -2.48. The van der Waals surface area contributed by atoms with Crippen LogP contribution in [-0.4, -0.2) is 61.7 Å². The zero-order valence-corrected chi connectivity index (χ0v) is 19.6. The molecule has 166 valence electrons. The van der Waals surface area contributed by atoms with Gasteiger partial charge in [0.15, 0.2) is 11.7 Å². The van der Waals surface area contributed by atoms with Crippen LogP contribution in [0.15, 0.2) is 42.5 Å². The second kappa shape index (κ2) is 10.8. The summed E-state index contributed by atoms with van der Waals surface area (Å²) in [5.74, 6) is 0.626. The highest BCUT2D eigenvalue weighted by Gasteiger charge is 2.20. The first-order valence-corrected chi connectivity index (χ1v) is 11.2. The zero-order chi connectivity index (χ0) is 20.9. The fourth-order valence-corrected chi connectivity index (χ4v) is 4.66. The van der Waals surface area contributed by atoms with Crippen LogP contribution >= 0.6 is 23.7 Å². The van der Waals surface area contributed by atoms with Gasteiger partial charge in [0.1, 0.15) is 5.75 Å². The van der Waals surface area contributed by atoms with Gasteiger partial charge in [-0.25, -0.2) is 4.98 Å². The number of aryl methyl sites for hydroxylation is 2. The number of carbonyl (C=O) groups excluding carboxylic acids is 1. The summed E-state index contributed by atoms with van der Waals surface area (Å²) in [7, 11) is 0. The molecule has 0 bridgehead atoms. The van der Waals surface area contributed by atoms with E-state index in [2.05, 4.69) is 41.1 Å². The molecule has 0 radical (unpaired) electrons. The maximum Gasteiger partial charge on any atom is 0.257 e. The van der Waals surface area contributed by atoms with E-state index in [1.807, 2.05) is 30.3 Å². The molecule has 0 atom stereocenters. The molecule has 6 nitrogen and oxygen atoms in total. The molecule has 0 unspecified atom stereocenters. The standard InChI is InChI=1S/C23H28N4O2S.ClH/c1-17-8-9-20-22(18(17)2)25-23(30-20)27-14-12-26(13-15-27)11-10-24-21(28)16-29-19-6-4-3-5-7-19;/h3-9H,10-16H2,1-2H3,(H,24,28);1H. The third-order valence-electron chi connectivity index (χ3n) is 5.58. The van der Waals surface area contributed by atoms with E-state index in [0.29, 0.717) is 12.3 Å². The maximum atomic E-state index is 12.0. The molecular weight excluding hydrogens is 432 g/mol. The number of carbonyl (C=O) groups is 1. The normalized spacial score (nSPS) is 14.3. The Morgan fingerprint density at radius 3 is 2.58 bits per heavy atom. The average molecular weight is 461 g/mol. The maximum absolute atomic E-state index is 12.0. The van der Waals surface area contributed by atoms with Gasteiger partial charge in [-0.2, -0.15) is 0 Å². The van der Waals surface area contributed by atoms with Gasteiger partial charge in [-0.1, -0.05) is 35.6 Å². The fourth-order valence-electron chi connectivity index (χ4n) is 3.58. The topological polar surface area (TPSA) is 57.7 Å². The molecule has 1 aliphatic rings. The van der Waals surface area contributed by atoms with Crippen molar-refractivity contribution in [2.75, 3.05) is 50.8 Å². The smallest absolute Gasteiger partial charge is 0.257 e. The molecule has 0 saturated carbocycles. The monoisotopic (exact) mass is 460 g/mol. The zero-order valence-electron chi connectivity index (χ0n) is 18.0. The Morgan fingerprint density at radius 1 is 1.10 bits per heavy atom. The third kappa shape index (κ3) is 5.87. The summed E-state index contributed by atoms with van der Waals surface area (Å²) in [6.45, 7) is 9.70. The lowest BCUT2D eigenvalue weighted by atomic mass is 10.1. The van der Waals surface area contributed by atoms with Gasteiger partial charge in [-0.3, -0.25) is 9.69 Å². The molecule has 0 aliphatic carbocycles. The molecule has 2 heterocycles. The van der Waals surface area contributed by atoms with E-state index in [1.54, 1.807) is 11.3 Å². The Balaban J connectivity index is 0.00000272. The number of thiazole rings is 1. The number of anilines is 1. The van der Waals surface area contributed by atoms with E-state index < -0.39 is 0 Å². The average Bonchev–Trinajstić information content (AvgIpc) is 3.21. The van der Waals surface area contributed by atoms with E-state index in [9.17, 15) is 4.79 Å². The summed E-state index contributed by atoms with van der Waals surface area (Å²) in [4.78, 5) is 21.6. The van der Waals surface area contributed by atoms with Crippen molar-refractivity contribution in [3.05, 3.63) is 53.6 Å². The first kappa shape index (κ1) is 23.3. The molecule has 1 aromatic heterocycles. The summed E-state index contributed by atoms with van der Waals surface area (Å²) < 4.78 is 6.74. The molecule has 0 spiro atoms. The number of nitrogens with one attached hydrogen (secondary N) is 1. The molecule has 2 aromatic carbocycles. The SMILES string of the molecule is Cc1ccc2sc(N3CCN(CCNC(=O)COc4ccccc4)CC3)nc2c1C.Cl. The van der Waals surface area contributed by atoms with Crippen molar-refractivity contribution >= 4 is 45.0 Å². The van der Waals surface area contributed by atoms with E-state index in [4.69, 9.17) is 9.72 Å². The molecule has 1 fully saturated rings. The van der Waals surface area contributed by atoms with Gasteiger partial charge in [-0.15, -0.1) is 12.4 Å². The van der Waals surface area contributed by atoms with Gasteiger partial charge in [0.25, 0.3) is 5.91 Å². The lowest BCUT2D eigenvalue weighted by molar-refractivity contribution is -0.123. The Bertz CT molecular complexity index is 1000. The summed E-state index contributed by atoms with van der Waals surface area (Å²) in [5, 5.41) is 4.06. The molecule has 8 heteroatoms. The van der Waals surface area contributed by atoms with Crippen molar-refractivity contribution in [3.8, 4) is 5.75 Å². The number of fused-ring (bicyclic) bond motifs is 1. The number of aromatic nitrogens is 1. The first-order valence-electron chi connectivity index (χ1n) is 10.4.